The minimum atomic E-state index is -0.499. The second-order valence-corrected chi connectivity index (χ2v) is 9.01. The van der Waals surface area contributed by atoms with Gasteiger partial charge in [0.15, 0.2) is 5.82 Å². The van der Waals surface area contributed by atoms with Gasteiger partial charge in [-0.1, -0.05) is 0 Å². The van der Waals surface area contributed by atoms with Crippen LogP contribution in [-0.2, 0) is 7.05 Å². The van der Waals surface area contributed by atoms with Crippen LogP contribution < -0.4 is 20.3 Å². The topological polar surface area (TPSA) is 97.2 Å². The highest BCUT2D eigenvalue weighted by Crippen LogP contribution is 2.31. The molecule has 10 heteroatoms. The number of nitrogens with one attached hydrogen (secondary N) is 2. The van der Waals surface area contributed by atoms with Crippen LogP contribution in [-0.4, -0.2) is 57.4 Å². The number of ether oxygens (including phenoxy) is 1. The molecule has 9 nitrogen and oxygen atoms in total. The van der Waals surface area contributed by atoms with Gasteiger partial charge in [0, 0.05) is 66.8 Å². The van der Waals surface area contributed by atoms with Gasteiger partial charge in [-0.2, -0.15) is 10.1 Å². The van der Waals surface area contributed by atoms with Gasteiger partial charge in [0.1, 0.15) is 5.52 Å². The molecule has 1 aliphatic heterocycles. The molecule has 1 amide bonds. The first-order valence-corrected chi connectivity index (χ1v) is 11.7. The summed E-state index contributed by atoms with van der Waals surface area (Å²) in [5, 5.41) is 11.8. The van der Waals surface area contributed by atoms with E-state index in [0.29, 0.717) is 40.8 Å². The number of halogens is 1. The van der Waals surface area contributed by atoms with Crippen LogP contribution in [0.5, 0.6) is 6.01 Å². The summed E-state index contributed by atoms with van der Waals surface area (Å²) in [5.74, 6) is -0.895. The third-order valence-corrected chi connectivity index (χ3v) is 6.06. The number of carbonyl (C=O) groups is 1. The maximum Gasteiger partial charge on any atom is 0.316 e. The Labute approximate surface area is 202 Å². The highest BCUT2D eigenvalue weighted by molar-refractivity contribution is 6.14. The van der Waals surface area contributed by atoms with Crippen molar-refractivity contribution < 1.29 is 13.9 Å². The average molecular weight is 478 g/mol. The molecule has 3 heterocycles. The smallest absolute Gasteiger partial charge is 0.316 e. The summed E-state index contributed by atoms with van der Waals surface area (Å²) < 4.78 is 21.6. The summed E-state index contributed by atoms with van der Waals surface area (Å²) in [5.41, 5.74) is 2.40. The Morgan fingerprint density at radius 3 is 2.74 bits per heavy atom. The standard InChI is InChI=1S/C25H28FN7O2/c1-5-35-25-27-10-19-21(33-11-14(2)28-15(3)12-33)7-6-18(23(19)30-25)24(34)29-17-8-16-13-32(4)31-22(16)20(26)9-17/h6-10,13-15,28H,5,11-12H2,1-4H3,(H,29,34). The SMILES string of the molecule is CCOc1ncc2c(N3CC(C)NC(C)C3)ccc(C(=O)Nc3cc(F)c4nn(C)cc4c3)c2n1. The van der Waals surface area contributed by atoms with Crippen LogP contribution in [0.15, 0.2) is 36.7 Å². The Kier molecular flexibility index (Phi) is 5.98. The molecule has 0 bridgehead atoms. The van der Waals surface area contributed by atoms with E-state index >= 15 is 0 Å². The number of aromatic nitrogens is 4. The number of fused-ring (bicyclic) bond motifs is 2. The van der Waals surface area contributed by atoms with Crippen LogP contribution in [0.4, 0.5) is 15.8 Å². The Morgan fingerprint density at radius 1 is 1.23 bits per heavy atom. The molecule has 182 valence electrons. The fourth-order valence-electron chi connectivity index (χ4n) is 4.75. The fraction of sp³-hybridized carbons (Fsp3) is 0.360. The molecule has 2 aromatic carbocycles. The summed E-state index contributed by atoms with van der Waals surface area (Å²) >= 11 is 0. The number of carbonyl (C=O) groups excluding carboxylic acids is 1. The molecule has 2 N–H and O–H groups in total. The van der Waals surface area contributed by atoms with Gasteiger partial charge in [-0.15, -0.1) is 0 Å². The minimum Gasteiger partial charge on any atom is -0.464 e. The van der Waals surface area contributed by atoms with E-state index in [1.165, 1.54) is 10.7 Å². The van der Waals surface area contributed by atoms with Crippen molar-refractivity contribution in [2.45, 2.75) is 32.9 Å². The predicted molar refractivity (Wildman–Crippen MR) is 134 cm³/mol. The van der Waals surface area contributed by atoms with Crippen LogP contribution in [0.25, 0.3) is 21.8 Å². The number of hydrogen-bond donors (Lipinski definition) is 2. The second-order valence-electron chi connectivity index (χ2n) is 9.01. The van der Waals surface area contributed by atoms with Gasteiger partial charge >= 0.3 is 6.01 Å². The molecule has 1 saturated heterocycles. The van der Waals surface area contributed by atoms with E-state index in [1.807, 2.05) is 13.0 Å². The third kappa shape index (κ3) is 4.49. The van der Waals surface area contributed by atoms with Gasteiger partial charge in [0.05, 0.1) is 17.7 Å². The van der Waals surface area contributed by atoms with Gasteiger partial charge in [-0.25, -0.2) is 9.37 Å². The van der Waals surface area contributed by atoms with Crippen molar-refractivity contribution in [3.63, 3.8) is 0 Å². The summed E-state index contributed by atoms with van der Waals surface area (Å²) in [6, 6.07) is 7.49. The number of anilines is 2. The fourth-order valence-corrected chi connectivity index (χ4v) is 4.75. The average Bonchev–Trinajstić information content (AvgIpc) is 3.18. The van der Waals surface area contributed by atoms with E-state index in [0.717, 1.165) is 24.2 Å². The zero-order chi connectivity index (χ0) is 24.7. The summed E-state index contributed by atoms with van der Waals surface area (Å²) in [7, 11) is 1.72. The quantitative estimate of drug-likeness (QED) is 0.454. The second kappa shape index (κ2) is 9.10. The molecule has 0 aliphatic carbocycles. The Morgan fingerprint density at radius 2 is 2.00 bits per heavy atom. The molecule has 35 heavy (non-hydrogen) atoms. The number of benzene rings is 2. The molecular weight excluding hydrogens is 449 g/mol. The maximum absolute atomic E-state index is 14.6. The highest BCUT2D eigenvalue weighted by Gasteiger charge is 2.25. The first-order chi connectivity index (χ1) is 16.8. The lowest BCUT2D eigenvalue weighted by Crippen LogP contribution is -2.54. The highest BCUT2D eigenvalue weighted by atomic mass is 19.1. The van der Waals surface area contributed by atoms with Crippen LogP contribution in [0.2, 0.25) is 0 Å². The van der Waals surface area contributed by atoms with Crippen molar-refractivity contribution in [3.8, 4) is 6.01 Å². The van der Waals surface area contributed by atoms with Gasteiger partial charge in [0.25, 0.3) is 5.91 Å². The monoisotopic (exact) mass is 477 g/mol. The Balaban J connectivity index is 1.55. The summed E-state index contributed by atoms with van der Waals surface area (Å²) in [6.45, 7) is 8.20. The van der Waals surface area contributed by atoms with E-state index in [-0.39, 0.29) is 11.5 Å². The minimum absolute atomic E-state index is 0.205. The molecule has 1 aliphatic rings. The molecule has 0 saturated carbocycles. The largest absolute Gasteiger partial charge is 0.464 e. The van der Waals surface area contributed by atoms with Crippen LogP contribution in [0.3, 0.4) is 0 Å². The van der Waals surface area contributed by atoms with E-state index in [1.54, 1.807) is 31.6 Å². The number of aryl methyl sites for hydroxylation is 1. The zero-order valence-corrected chi connectivity index (χ0v) is 20.2. The predicted octanol–water partition coefficient (Wildman–Crippen LogP) is 3.49. The Bertz CT molecular complexity index is 1410. The number of hydrogen-bond acceptors (Lipinski definition) is 7. The van der Waals surface area contributed by atoms with Crippen molar-refractivity contribution >= 4 is 39.1 Å². The van der Waals surface area contributed by atoms with E-state index in [9.17, 15) is 9.18 Å². The van der Waals surface area contributed by atoms with Crippen molar-refractivity contribution in [3.05, 3.63) is 48.0 Å². The Hall–Kier alpha value is -3.79. The van der Waals surface area contributed by atoms with Gasteiger partial charge in [-0.05, 0) is 45.0 Å². The molecule has 4 aromatic rings. The number of rotatable bonds is 5. The lowest BCUT2D eigenvalue weighted by Gasteiger charge is -2.38. The van der Waals surface area contributed by atoms with E-state index in [4.69, 9.17) is 4.74 Å². The van der Waals surface area contributed by atoms with Crippen molar-refractivity contribution in [2.24, 2.45) is 7.05 Å². The molecule has 1 fully saturated rings. The van der Waals surface area contributed by atoms with E-state index in [2.05, 4.69) is 44.4 Å². The molecule has 2 unspecified atom stereocenters. The van der Waals surface area contributed by atoms with Crippen LogP contribution in [0.1, 0.15) is 31.1 Å². The molecule has 0 radical (unpaired) electrons. The third-order valence-electron chi connectivity index (χ3n) is 6.06. The summed E-state index contributed by atoms with van der Waals surface area (Å²) in [6.07, 6.45) is 3.41. The van der Waals surface area contributed by atoms with Crippen molar-refractivity contribution in [1.82, 2.24) is 25.1 Å². The molecule has 2 atom stereocenters. The molecule has 5 rings (SSSR count). The molecular formula is C25H28FN7O2. The number of nitrogens with zero attached hydrogens (tertiary/aromatic N) is 5. The zero-order valence-electron chi connectivity index (χ0n) is 20.2. The first kappa shape index (κ1) is 23.0. The van der Waals surface area contributed by atoms with E-state index < -0.39 is 11.7 Å². The van der Waals surface area contributed by atoms with Gasteiger partial charge in [-0.3, -0.25) is 9.48 Å². The number of amides is 1. The maximum atomic E-state index is 14.6. The molecule has 0 spiro atoms. The first-order valence-electron chi connectivity index (χ1n) is 11.7. The molecule has 2 aromatic heterocycles. The normalized spacial score (nSPS) is 18.3. The van der Waals surface area contributed by atoms with Crippen molar-refractivity contribution in [2.75, 3.05) is 29.9 Å². The van der Waals surface area contributed by atoms with Gasteiger partial charge in [0.2, 0.25) is 0 Å². The van der Waals surface area contributed by atoms with Crippen LogP contribution >= 0.6 is 0 Å². The summed E-state index contributed by atoms with van der Waals surface area (Å²) in [4.78, 5) is 24.6. The van der Waals surface area contributed by atoms with Crippen LogP contribution in [0, 0.1) is 5.82 Å². The number of piperazine rings is 1. The lowest BCUT2D eigenvalue weighted by atomic mass is 10.0. The lowest BCUT2D eigenvalue weighted by molar-refractivity contribution is 0.102. The van der Waals surface area contributed by atoms with Gasteiger partial charge < -0.3 is 20.3 Å². The van der Waals surface area contributed by atoms with Crippen molar-refractivity contribution in [1.29, 1.82) is 0 Å².